The predicted molar refractivity (Wildman–Crippen MR) is 104 cm³/mol. The molecule has 0 bridgehead atoms. The van der Waals surface area contributed by atoms with Crippen molar-refractivity contribution in [2.75, 3.05) is 27.2 Å². The largest absolute Gasteiger partial charge is 0.352 e. The monoisotopic (exact) mass is 353 g/mol. The van der Waals surface area contributed by atoms with E-state index in [0.717, 1.165) is 18.5 Å². The van der Waals surface area contributed by atoms with Crippen LogP contribution in [0.3, 0.4) is 0 Å². The summed E-state index contributed by atoms with van der Waals surface area (Å²) < 4.78 is 0. The van der Waals surface area contributed by atoms with Crippen LogP contribution in [0.1, 0.15) is 45.7 Å². The third-order valence-corrected chi connectivity index (χ3v) is 4.10. The zero-order valence-corrected chi connectivity index (χ0v) is 15.7. The lowest BCUT2D eigenvalue weighted by molar-refractivity contribution is 0.0940. The van der Waals surface area contributed by atoms with Crippen LogP contribution in [0, 0.1) is 0 Å². The lowest BCUT2D eigenvalue weighted by Crippen LogP contribution is -2.28. The molecule has 0 aliphatic carbocycles. The summed E-state index contributed by atoms with van der Waals surface area (Å²) in [6, 6.07) is 16.5. The minimum atomic E-state index is -0.191. The molecule has 5 heteroatoms. The van der Waals surface area contributed by atoms with Gasteiger partial charge in [-0.1, -0.05) is 36.4 Å². The Labute approximate surface area is 155 Å². The van der Waals surface area contributed by atoms with E-state index in [4.69, 9.17) is 0 Å². The minimum Gasteiger partial charge on any atom is -0.352 e. The highest BCUT2D eigenvalue weighted by Gasteiger charge is 2.13. The van der Waals surface area contributed by atoms with Gasteiger partial charge < -0.3 is 15.5 Å². The van der Waals surface area contributed by atoms with Crippen molar-refractivity contribution in [1.82, 2.24) is 15.5 Å². The fraction of sp³-hybridized carbons (Fsp3) is 0.333. The second-order valence-electron chi connectivity index (χ2n) is 6.60. The standard InChI is InChI=1S/C21H27N3O2/c1-16(17-9-5-4-6-10-17)23-21(26)19-12-7-11-18(15-19)20(25)22-13-8-14-24(2)3/h4-7,9-12,15-16H,8,13-14H2,1-3H3,(H,22,25)(H,23,26). The number of rotatable bonds is 8. The minimum absolute atomic E-state index is 0.104. The third-order valence-electron chi connectivity index (χ3n) is 4.10. The van der Waals surface area contributed by atoms with Gasteiger partial charge in [0.2, 0.25) is 0 Å². The summed E-state index contributed by atoms with van der Waals surface area (Å²) in [6.07, 6.45) is 0.882. The molecule has 5 nitrogen and oxygen atoms in total. The van der Waals surface area contributed by atoms with E-state index in [1.165, 1.54) is 0 Å². The first kappa shape index (κ1) is 19.7. The van der Waals surface area contributed by atoms with Crippen molar-refractivity contribution in [2.24, 2.45) is 0 Å². The molecule has 2 amide bonds. The zero-order valence-electron chi connectivity index (χ0n) is 15.7. The average Bonchev–Trinajstić information content (AvgIpc) is 2.65. The smallest absolute Gasteiger partial charge is 0.251 e. The molecule has 0 saturated carbocycles. The summed E-state index contributed by atoms with van der Waals surface area (Å²) >= 11 is 0. The van der Waals surface area contributed by atoms with Gasteiger partial charge >= 0.3 is 0 Å². The van der Waals surface area contributed by atoms with Crippen molar-refractivity contribution in [1.29, 1.82) is 0 Å². The molecule has 1 atom stereocenters. The van der Waals surface area contributed by atoms with E-state index in [9.17, 15) is 9.59 Å². The Morgan fingerprint density at radius 1 is 0.962 bits per heavy atom. The fourth-order valence-corrected chi connectivity index (χ4v) is 2.61. The van der Waals surface area contributed by atoms with Crippen molar-refractivity contribution < 1.29 is 9.59 Å². The summed E-state index contributed by atoms with van der Waals surface area (Å²) in [5, 5.41) is 5.86. The van der Waals surface area contributed by atoms with Crippen LogP contribution in [-0.4, -0.2) is 43.9 Å². The average molecular weight is 353 g/mol. The second-order valence-corrected chi connectivity index (χ2v) is 6.60. The van der Waals surface area contributed by atoms with Gasteiger partial charge in [0.15, 0.2) is 0 Å². The Morgan fingerprint density at radius 3 is 2.27 bits per heavy atom. The second kappa shape index (κ2) is 9.73. The number of nitrogens with zero attached hydrogens (tertiary/aromatic N) is 1. The maximum absolute atomic E-state index is 12.5. The molecule has 2 aromatic carbocycles. The van der Waals surface area contributed by atoms with Crippen LogP contribution in [-0.2, 0) is 0 Å². The van der Waals surface area contributed by atoms with Gasteiger partial charge in [-0.3, -0.25) is 9.59 Å². The van der Waals surface area contributed by atoms with E-state index in [-0.39, 0.29) is 17.9 Å². The van der Waals surface area contributed by atoms with E-state index in [1.807, 2.05) is 51.4 Å². The van der Waals surface area contributed by atoms with Gasteiger partial charge in [-0.25, -0.2) is 0 Å². The normalized spacial score (nSPS) is 11.8. The van der Waals surface area contributed by atoms with Crippen molar-refractivity contribution >= 4 is 11.8 Å². The number of benzene rings is 2. The number of carbonyl (C=O) groups is 2. The first-order chi connectivity index (χ1) is 12.5. The Balaban J connectivity index is 1.95. The third kappa shape index (κ3) is 6.01. The van der Waals surface area contributed by atoms with Crippen molar-refractivity contribution in [3.05, 3.63) is 71.3 Å². The number of amides is 2. The Morgan fingerprint density at radius 2 is 1.62 bits per heavy atom. The van der Waals surface area contributed by atoms with Crippen molar-refractivity contribution in [3.63, 3.8) is 0 Å². The molecule has 2 aromatic rings. The molecule has 0 heterocycles. The summed E-state index contributed by atoms with van der Waals surface area (Å²) in [6.45, 7) is 3.47. The zero-order chi connectivity index (χ0) is 18.9. The Bertz CT molecular complexity index is 729. The lowest BCUT2D eigenvalue weighted by atomic mass is 10.1. The topological polar surface area (TPSA) is 61.4 Å². The molecule has 0 aliphatic rings. The van der Waals surface area contributed by atoms with Gasteiger partial charge in [-0.05, 0) is 57.7 Å². The van der Waals surface area contributed by atoms with E-state index in [2.05, 4.69) is 15.5 Å². The van der Waals surface area contributed by atoms with Crippen LogP contribution < -0.4 is 10.6 Å². The number of hydrogen-bond donors (Lipinski definition) is 2. The van der Waals surface area contributed by atoms with Crippen LogP contribution in [0.15, 0.2) is 54.6 Å². The maximum Gasteiger partial charge on any atom is 0.251 e. The summed E-state index contributed by atoms with van der Waals surface area (Å²) in [7, 11) is 4.00. The maximum atomic E-state index is 12.5. The number of carbonyl (C=O) groups excluding carboxylic acids is 2. The van der Waals surface area contributed by atoms with E-state index in [1.54, 1.807) is 24.3 Å². The molecule has 0 saturated heterocycles. The van der Waals surface area contributed by atoms with Crippen LogP contribution >= 0.6 is 0 Å². The molecule has 0 spiro atoms. The molecule has 2 N–H and O–H groups in total. The number of hydrogen-bond acceptors (Lipinski definition) is 3. The molecule has 0 aliphatic heterocycles. The summed E-state index contributed by atoms with van der Waals surface area (Å²) in [5.74, 6) is -0.349. The van der Waals surface area contributed by atoms with Crippen LogP contribution in [0.2, 0.25) is 0 Å². The summed E-state index contributed by atoms with van der Waals surface area (Å²) in [5.41, 5.74) is 2.01. The van der Waals surface area contributed by atoms with E-state index < -0.39 is 0 Å². The highest BCUT2D eigenvalue weighted by Crippen LogP contribution is 2.13. The highest BCUT2D eigenvalue weighted by molar-refractivity contribution is 5.99. The molecule has 26 heavy (non-hydrogen) atoms. The van der Waals surface area contributed by atoms with Gasteiger partial charge in [0.25, 0.3) is 11.8 Å². The Kier molecular flexibility index (Phi) is 7.36. The quantitative estimate of drug-likeness (QED) is 0.718. The molecule has 1 unspecified atom stereocenters. The van der Waals surface area contributed by atoms with Crippen LogP contribution in [0.4, 0.5) is 0 Å². The van der Waals surface area contributed by atoms with Crippen molar-refractivity contribution in [3.8, 4) is 0 Å². The van der Waals surface area contributed by atoms with Gasteiger partial charge in [-0.15, -0.1) is 0 Å². The predicted octanol–water partition coefficient (Wildman–Crippen LogP) is 2.86. The molecule has 0 fully saturated rings. The molecule has 0 aromatic heterocycles. The van der Waals surface area contributed by atoms with E-state index in [0.29, 0.717) is 17.7 Å². The van der Waals surface area contributed by atoms with Crippen molar-refractivity contribution in [2.45, 2.75) is 19.4 Å². The van der Waals surface area contributed by atoms with Gasteiger partial charge in [0.1, 0.15) is 0 Å². The Hall–Kier alpha value is -2.66. The van der Waals surface area contributed by atoms with Gasteiger partial charge in [-0.2, -0.15) is 0 Å². The number of nitrogens with one attached hydrogen (secondary N) is 2. The van der Waals surface area contributed by atoms with Crippen LogP contribution in [0.5, 0.6) is 0 Å². The summed E-state index contributed by atoms with van der Waals surface area (Å²) in [4.78, 5) is 26.8. The molecule has 2 rings (SSSR count). The molecule has 138 valence electrons. The fourth-order valence-electron chi connectivity index (χ4n) is 2.61. The van der Waals surface area contributed by atoms with Crippen LogP contribution in [0.25, 0.3) is 0 Å². The van der Waals surface area contributed by atoms with Gasteiger partial charge in [0, 0.05) is 17.7 Å². The highest BCUT2D eigenvalue weighted by atomic mass is 16.2. The SMILES string of the molecule is CC(NC(=O)c1cccc(C(=O)NCCCN(C)C)c1)c1ccccc1. The first-order valence-electron chi connectivity index (χ1n) is 8.86. The molecular weight excluding hydrogens is 326 g/mol. The lowest BCUT2D eigenvalue weighted by Gasteiger charge is -2.15. The molecule has 0 radical (unpaired) electrons. The van der Waals surface area contributed by atoms with Gasteiger partial charge in [0.05, 0.1) is 6.04 Å². The first-order valence-corrected chi connectivity index (χ1v) is 8.86. The van der Waals surface area contributed by atoms with E-state index >= 15 is 0 Å². The molecular formula is C21H27N3O2.